The second kappa shape index (κ2) is 4.21. The molecule has 0 bridgehead atoms. The van der Waals surface area contributed by atoms with Gasteiger partial charge in [0.15, 0.2) is 5.78 Å². The summed E-state index contributed by atoms with van der Waals surface area (Å²) in [5.74, 6) is -0.236. The first-order valence-corrected chi connectivity index (χ1v) is 3.96. The molecule has 0 aromatic rings. The molecule has 0 spiro atoms. The smallest absolute Gasteiger partial charge is 0.189 e. The Morgan fingerprint density at radius 2 is 1.92 bits per heavy atom. The highest BCUT2D eigenvalue weighted by Gasteiger charge is 2.24. The quantitative estimate of drug-likeness (QED) is 0.516. The van der Waals surface area contributed by atoms with Gasteiger partial charge >= 0.3 is 0 Å². The number of Topliss-reactive ketones (excluding diaryl/α,β-unsaturated/α-hetero) is 1. The van der Waals surface area contributed by atoms with E-state index in [9.17, 15) is 9.90 Å². The Balaban J connectivity index is 4.51. The Labute approximate surface area is 73.6 Å². The number of aliphatic hydroxyl groups is 1. The van der Waals surface area contributed by atoms with Crippen molar-refractivity contribution in [3.63, 3.8) is 0 Å². The minimum Gasteiger partial charge on any atom is -0.382 e. The maximum Gasteiger partial charge on any atom is 0.189 e. The molecule has 0 radical (unpaired) electrons. The zero-order valence-electron chi connectivity index (χ0n) is 8.09. The van der Waals surface area contributed by atoms with Crippen LogP contribution in [-0.4, -0.2) is 16.5 Å². The molecule has 0 saturated heterocycles. The molecule has 1 N–H and O–H groups in total. The highest BCUT2D eigenvalue weighted by molar-refractivity contribution is 6.00. The number of carbonyl (C=O) groups excluding carboxylic acids is 1. The van der Waals surface area contributed by atoms with E-state index in [1.165, 1.54) is 13.8 Å². The van der Waals surface area contributed by atoms with Gasteiger partial charge in [0.1, 0.15) is 5.60 Å². The van der Waals surface area contributed by atoms with Crippen molar-refractivity contribution in [2.24, 2.45) is 0 Å². The Bertz CT molecular complexity index is 216. The van der Waals surface area contributed by atoms with Crippen LogP contribution >= 0.6 is 0 Å². The van der Waals surface area contributed by atoms with Gasteiger partial charge in [-0.05, 0) is 33.3 Å². The van der Waals surface area contributed by atoms with Crippen LogP contribution in [-0.2, 0) is 4.79 Å². The van der Waals surface area contributed by atoms with Gasteiger partial charge in [0, 0.05) is 0 Å². The molecule has 68 valence electrons. The summed E-state index contributed by atoms with van der Waals surface area (Å²) in [5, 5.41) is 9.34. The Morgan fingerprint density at radius 3 is 2.25 bits per heavy atom. The van der Waals surface area contributed by atoms with Gasteiger partial charge < -0.3 is 5.11 Å². The van der Waals surface area contributed by atoms with Crippen LogP contribution in [0.3, 0.4) is 0 Å². The summed E-state index contributed by atoms with van der Waals surface area (Å²) >= 11 is 0. The highest BCUT2D eigenvalue weighted by Crippen LogP contribution is 2.10. The molecule has 0 aliphatic rings. The van der Waals surface area contributed by atoms with Crippen LogP contribution in [0.15, 0.2) is 23.8 Å². The molecular formula is C10H16O2. The predicted octanol–water partition coefficient (Wildman–Crippen LogP) is 1.85. The van der Waals surface area contributed by atoms with E-state index >= 15 is 0 Å². The molecule has 0 atom stereocenters. The fourth-order valence-electron chi connectivity index (χ4n) is 0.799. The van der Waals surface area contributed by atoms with Crippen LogP contribution in [0.1, 0.15) is 27.7 Å². The molecule has 0 heterocycles. The van der Waals surface area contributed by atoms with Crippen molar-refractivity contribution in [1.82, 2.24) is 0 Å². The molecule has 0 aromatic heterocycles. The van der Waals surface area contributed by atoms with Gasteiger partial charge in [-0.3, -0.25) is 4.79 Å². The third kappa shape index (κ3) is 3.49. The highest BCUT2D eigenvalue weighted by atomic mass is 16.3. The molecule has 0 amide bonds. The van der Waals surface area contributed by atoms with Crippen molar-refractivity contribution in [1.29, 1.82) is 0 Å². The molecular weight excluding hydrogens is 152 g/mol. The van der Waals surface area contributed by atoms with E-state index in [0.29, 0.717) is 5.57 Å². The van der Waals surface area contributed by atoms with E-state index in [1.54, 1.807) is 19.1 Å². The van der Waals surface area contributed by atoms with Crippen molar-refractivity contribution in [2.75, 3.05) is 0 Å². The normalized spacial score (nSPS) is 13.9. The summed E-state index contributed by atoms with van der Waals surface area (Å²) in [4.78, 5) is 11.3. The fourth-order valence-corrected chi connectivity index (χ4v) is 0.799. The molecule has 0 rings (SSSR count). The zero-order chi connectivity index (χ0) is 9.78. The van der Waals surface area contributed by atoms with Crippen LogP contribution in [0.5, 0.6) is 0 Å². The van der Waals surface area contributed by atoms with E-state index in [0.717, 1.165) is 0 Å². The molecule has 0 saturated carbocycles. The van der Waals surface area contributed by atoms with Crippen LogP contribution in [0.25, 0.3) is 0 Å². The van der Waals surface area contributed by atoms with Crippen molar-refractivity contribution >= 4 is 5.78 Å². The van der Waals surface area contributed by atoms with Gasteiger partial charge in [-0.1, -0.05) is 18.2 Å². The summed E-state index contributed by atoms with van der Waals surface area (Å²) in [7, 11) is 0. The topological polar surface area (TPSA) is 37.3 Å². The molecule has 0 aromatic carbocycles. The van der Waals surface area contributed by atoms with Crippen molar-refractivity contribution in [2.45, 2.75) is 33.3 Å². The lowest BCUT2D eigenvalue weighted by molar-refractivity contribution is -0.129. The van der Waals surface area contributed by atoms with Crippen LogP contribution < -0.4 is 0 Å². The lowest BCUT2D eigenvalue weighted by atomic mass is 9.97. The number of allylic oxidation sites excluding steroid dienone is 3. The summed E-state index contributed by atoms with van der Waals surface area (Å²) in [6.07, 6.45) is 5.31. The zero-order valence-corrected chi connectivity index (χ0v) is 8.09. The van der Waals surface area contributed by atoms with Crippen LogP contribution in [0.2, 0.25) is 0 Å². The van der Waals surface area contributed by atoms with E-state index in [4.69, 9.17) is 0 Å². The third-order valence-electron chi connectivity index (χ3n) is 1.45. The van der Waals surface area contributed by atoms with Gasteiger partial charge in [0.2, 0.25) is 0 Å². The number of carbonyl (C=O) groups is 1. The van der Waals surface area contributed by atoms with E-state index < -0.39 is 5.60 Å². The van der Waals surface area contributed by atoms with E-state index in [2.05, 4.69) is 0 Å². The van der Waals surface area contributed by atoms with Gasteiger partial charge in [0.25, 0.3) is 0 Å². The van der Waals surface area contributed by atoms with Gasteiger partial charge in [-0.15, -0.1) is 0 Å². The number of rotatable bonds is 3. The second-order valence-electron chi connectivity index (χ2n) is 3.26. The number of ketones is 1. The molecule has 0 fully saturated rings. The summed E-state index contributed by atoms with van der Waals surface area (Å²) in [6, 6.07) is 0. The first-order chi connectivity index (χ1) is 5.39. The van der Waals surface area contributed by atoms with Crippen molar-refractivity contribution < 1.29 is 9.90 Å². The van der Waals surface area contributed by atoms with Crippen molar-refractivity contribution in [3.8, 4) is 0 Å². The summed E-state index contributed by atoms with van der Waals surface area (Å²) < 4.78 is 0. The predicted molar refractivity (Wildman–Crippen MR) is 49.9 cm³/mol. The minimum absolute atomic E-state index is 0.236. The molecule has 0 aliphatic carbocycles. The average molecular weight is 168 g/mol. The SMILES string of the molecule is C/C=C\C=C(/C)C(=O)C(C)(C)O. The lowest BCUT2D eigenvalue weighted by Crippen LogP contribution is -2.31. The summed E-state index contributed by atoms with van der Waals surface area (Å²) in [5.41, 5.74) is -0.692. The largest absolute Gasteiger partial charge is 0.382 e. The van der Waals surface area contributed by atoms with Crippen molar-refractivity contribution in [3.05, 3.63) is 23.8 Å². The molecule has 12 heavy (non-hydrogen) atoms. The Kier molecular flexibility index (Phi) is 3.90. The molecule has 0 unspecified atom stereocenters. The number of hydrogen-bond acceptors (Lipinski definition) is 2. The first kappa shape index (κ1) is 11.1. The first-order valence-electron chi connectivity index (χ1n) is 3.96. The molecule has 0 aliphatic heterocycles. The summed E-state index contributed by atoms with van der Waals surface area (Å²) in [6.45, 7) is 6.54. The standard InChI is InChI=1S/C10H16O2/c1-5-6-7-8(2)9(11)10(3,4)12/h5-7,12H,1-4H3/b6-5-,8-7+. The Hall–Kier alpha value is -0.890. The average Bonchev–Trinajstić information content (AvgIpc) is 1.97. The minimum atomic E-state index is -1.26. The number of hydrogen-bond donors (Lipinski definition) is 1. The van der Waals surface area contributed by atoms with E-state index in [1.807, 2.05) is 13.0 Å². The van der Waals surface area contributed by atoms with E-state index in [-0.39, 0.29) is 5.78 Å². The van der Waals surface area contributed by atoms with Crippen LogP contribution in [0, 0.1) is 0 Å². The second-order valence-corrected chi connectivity index (χ2v) is 3.26. The lowest BCUT2D eigenvalue weighted by Gasteiger charge is -2.15. The van der Waals surface area contributed by atoms with Gasteiger partial charge in [0.05, 0.1) is 0 Å². The molecule has 2 nitrogen and oxygen atoms in total. The van der Waals surface area contributed by atoms with Crippen LogP contribution in [0.4, 0.5) is 0 Å². The monoisotopic (exact) mass is 168 g/mol. The van der Waals surface area contributed by atoms with Gasteiger partial charge in [-0.2, -0.15) is 0 Å². The maximum atomic E-state index is 11.3. The third-order valence-corrected chi connectivity index (χ3v) is 1.45. The fraction of sp³-hybridized carbons (Fsp3) is 0.500. The Morgan fingerprint density at radius 1 is 1.42 bits per heavy atom. The molecule has 2 heteroatoms. The maximum absolute atomic E-state index is 11.3. The van der Waals surface area contributed by atoms with Gasteiger partial charge in [-0.25, -0.2) is 0 Å².